The van der Waals surface area contributed by atoms with Gasteiger partial charge >= 0.3 is 6.18 Å². The summed E-state index contributed by atoms with van der Waals surface area (Å²) in [6, 6.07) is 9.91. The maximum absolute atomic E-state index is 13.0. The third kappa shape index (κ3) is 4.29. The lowest BCUT2D eigenvalue weighted by Gasteiger charge is -2.36. The molecule has 1 aliphatic rings. The normalized spacial score (nSPS) is 19.9. The Kier molecular flexibility index (Phi) is 5.12. The predicted molar refractivity (Wildman–Crippen MR) is 119 cm³/mol. The lowest BCUT2D eigenvalue weighted by atomic mass is 9.77. The number of aliphatic hydroxyl groups is 1. The number of aromatic nitrogens is 3. The van der Waals surface area contributed by atoms with Gasteiger partial charge in [-0.2, -0.15) is 13.2 Å². The highest BCUT2D eigenvalue weighted by Crippen LogP contribution is 2.36. The van der Waals surface area contributed by atoms with Crippen molar-refractivity contribution in [2.24, 2.45) is 5.92 Å². The molecule has 4 aromatic rings. The molecular weight excluding hydrogens is 433 g/mol. The SMILES string of the molecule is CC(C)(O)C1CCC(Nc2ccc3ncc(-c4ccc5cc(C(F)(F)F)oc5c4)n3n2)CC1. The lowest BCUT2D eigenvalue weighted by Crippen LogP contribution is -2.37. The van der Waals surface area contributed by atoms with Gasteiger partial charge in [0.2, 0.25) is 5.76 Å². The monoisotopic (exact) mass is 458 g/mol. The van der Waals surface area contributed by atoms with Crippen LogP contribution in [0.5, 0.6) is 0 Å². The van der Waals surface area contributed by atoms with Gasteiger partial charge < -0.3 is 14.8 Å². The number of alkyl halides is 3. The summed E-state index contributed by atoms with van der Waals surface area (Å²) in [5.74, 6) is -0.0239. The average molecular weight is 458 g/mol. The number of furan rings is 1. The van der Waals surface area contributed by atoms with Crippen LogP contribution in [0.4, 0.5) is 19.0 Å². The van der Waals surface area contributed by atoms with Crippen LogP contribution >= 0.6 is 0 Å². The van der Waals surface area contributed by atoms with E-state index in [0.717, 1.165) is 31.7 Å². The Balaban J connectivity index is 1.40. The van der Waals surface area contributed by atoms with E-state index in [1.807, 2.05) is 26.0 Å². The molecule has 0 atom stereocenters. The van der Waals surface area contributed by atoms with Crippen LogP contribution in [0.1, 0.15) is 45.3 Å². The van der Waals surface area contributed by atoms with E-state index in [-0.39, 0.29) is 11.6 Å². The molecule has 0 bridgehead atoms. The van der Waals surface area contributed by atoms with Crippen molar-refractivity contribution in [2.45, 2.75) is 57.3 Å². The van der Waals surface area contributed by atoms with Crippen LogP contribution in [-0.2, 0) is 6.18 Å². The minimum absolute atomic E-state index is 0.160. The summed E-state index contributed by atoms with van der Waals surface area (Å²) in [5, 5.41) is 18.8. The summed E-state index contributed by atoms with van der Waals surface area (Å²) in [4.78, 5) is 4.38. The van der Waals surface area contributed by atoms with Crippen LogP contribution in [-0.4, -0.2) is 31.3 Å². The van der Waals surface area contributed by atoms with Crippen LogP contribution in [0.25, 0.3) is 27.9 Å². The van der Waals surface area contributed by atoms with E-state index in [0.29, 0.717) is 34.0 Å². The fourth-order valence-corrected chi connectivity index (χ4v) is 4.63. The van der Waals surface area contributed by atoms with Crippen molar-refractivity contribution >= 4 is 22.4 Å². The van der Waals surface area contributed by atoms with E-state index < -0.39 is 17.5 Å². The van der Waals surface area contributed by atoms with Gasteiger partial charge in [0.1, 0.15) is 11.4 Å². The molecule has 9 heteroatoms. The van der Waals surface area contributed by atoms with Crippen molar-refractivity contribution in [3.8, 4) is 11.3 Å². The van der Waals surface area contributed by atoms with Gasteiger partial charge in [0, 0.05) is 17.0 Å². The molecule has 5 rings (SSSR count). The molecule has 0 saturated heterocycles. The average Bonchev–Trinajstić information content (AvgIpc) is 3.37. The minimum atomic E-state index is -4.53. The highest BCUT2D eigenvalue weighted by Gasteiger charge is 2.35. The fourth-order valence-electron chi connectivity index (χ4n) is 4.63. The first-order valence-corrected chi connectivity index (χ1v) is 11.0. The summed E-state index contributed by atoms with van der Waals surface area (Å²) < 4.78 is 45.7. The predicted octanol–water partition coefficient (Wildman–Crippen LogP) is 5.90. The molecule has 6 nitrogen and oxygen atoms in total. The van der Waals surface area contributed by atoms with Crippen LogP contribution < -0.4 is 5.32 Å². The number of rotatable bonds is 4. The van der Waals surface area contributed by atoms with Gasteiger partial charge in [-0.1, -0.05) is 12.1 Å². The number of hydrogen-bond donors (Lipinski definition) is 2. The first-order chi connectivity index (χ1) is 15.6. The van der Waals surface area contributed by atoms with E-state index in [9.17, 15) is 18.3 Å². The number of anilines is 1. The molecule has 0 radical (unpaired) electrons. The second kappa shape index (κ2) is 7.76. The van der Waals surface area contributed by atoms with E-state index in [1.54, 1.807) is 28.9 Å². The van der Waals surface area contributed by atoms with Crippen LogP contribution in [0.15, 0.2) is 47.0 Å². The molecule has 0 spiro atoms. The quantitative estimate of drug-likeness (QED) is 0.398. The molecule has 2 N–H and O–H groups in total. The number of benzene rings is 1. The number of nitrogens with zero attached hydrogens (tertiary/aromatic N) is 3. The molecule has 0 amide bonds. The maximum Gasteiger partial charge on any atom is 0.449 e. The summed E-state index contributed by atoms with van der Waals surface area (Å²) in [6.45, 7) is 3.73. The summed E-state index contributed by atoms with van der Waals surface area (Å²) >= 11 is 0. The lowest BCUT2D eigenvalue weighted by molar-refractivity contribution is -0.152. The summed E-state index contributed by atoms with van der Waals surface area (Å²) in [5.41, 5.74) is 1.45. The summed E-state index contributed by atoms with van der Waals surface area (Å²) in [7, 11) is 0. The topological polar surface area (TPSA) is 75.6 Å². The van der Waals surface area contributed by atoms with E-state index in [1.165, 1.54) is 0 Å². The Morgan fingerprint density at radius 2 is 1.82 bits per heavy atom. The van der Waals surface area contributed by atoms with Crippen LogP contribution in [0, 0.1) is 5.92 Å². The van der Waals surface area contributed by atoms with Crippen molar-refractivity contribution in [2.75, 3.05) is 5.32 Å². The highest BCUT2D eigenvalue weighted by molar-refractivity contribution is 5.83. The van der Waals surface area contributed by atoms with Gasteiger partial charge in [0.15, 0.2) is 5.65 Å². The van der Waals surface area contributed by atoms with Gasteiger partial charge in [-0.25, -0.2) is 9.50 Å². The smallest absolute Gasteiger partial charge is 0.449 e. The second-order valence-electron chi connectivity index (χ2n) is 9.34. The molecule has 0 unspecified atom stereocenters. The largest absolute Gasteiger partial charge is 0.451 e. The van der Waals surface area contributed by atoms with Crippen molar-refractivity contribution in [3.05, 3.63) is 48.4 Å². The summed E-state index contributed by atoms with van der Waals surface area (Å²) in [6.07, 6.45) is 0.904. The van der Waals surface area contributed by atoms with Gasteiger partial charge in [-0.05, 0) is 69.7 Å². The van der Waals surface area contributed by atoms with E-state index in [4.69, 9.17) is 4.42 Å². The van der Waals surface area contributed by atoms with E-state index in [2.05, 4.69) is 15.4 Å². The molecule has 1 saturated carbocycles. The zero-order chi connectivity index (χ0) is 23.4. The Morgan fingerprint density at radius 1 is 1.06 bits per heavy atom. The maximum atomic E-state index is 13.0. The number of fused-ring (bicyclic) bond motifs is 2. The second-order valence-corrected chi connectivity index (χ2v) is 9.34. The molecule has 33 heavy (non-hydrogen) atoms. The Bertz CT molecular complexity index is 1290. The zero-order valence-corrected chi connectivity index (χ0v) is 18.4. The minimum Gasteiger partial charge on any atom is -0.451 e. The molecule has 0 aliphatic heterocycles. The first-order valence-electron chi connectivity index (χ1n) is 11.0. The molecule has 1 fully saturated rings. The number of halogens is 3. The van der Waals surface area contributed by atoms with Crippen LogP contribution in [0.2, 0.25) is 0 Å². The molecular formula is C24H25F3N4O2. The molecule has 3 heterocycles. The fraction of sp³-hybridized carbons (Fsp3) is 0.417. The van der Waals surface area contributed by atoms with Gasteiger partial charge in [-0.15, -0.1) is 5.10 Å². The highest BCUT2D eigenvalue weighted by atomic mass is 19.4. The van der Waals surface area contributed by atoms with Crippen molar-refractivity contribution in [1.82, 2.24) is 14.6 Å². The zero-order valence-electron chi connectivity index (χ0n) is 18.4. The van der Waals surface area contributed by atoms with Crippen LogP contribution in [0.3, 0.4) is 0 Å². The Labute approximate surface area is 188 Å². The van der Waals surface area contributed by atoms with Gasteiger partial charge in [0.05, 0.1) is 17.5 Å². The molecule has 1 aromatic carbocycles. The number of imidazole rings is 1. The Morgan fingerprint density at radius 3 is 2.52 bits per heavy atom. The molecule has 1 aliphatic carbocycles. The standard InChI is InChI=1S/C24H25F3N4O2/c1-23(2,32)16-5-7-17(8-6-16)29-21-9-10-22-28-13-18(31(22)30-21)14-3-4-15-12-20(24(25,26)27)33-19(15)11-14/h3-4,9-13,16-17,32H,5-8H2,1-2H3,(H,29,30). The van der Waals surface area contributed by atoms with Gasteiger partial charge in [-0.3, -0.25) is 0 Å². The van der Waals surface area contributed by atoms with Gasteiger partial charge in [0.25, 0.3) is 0 Å². The van der Waals surface area contributed by atoms with Crippen molar-refractivity contribution in [1.29, 1.82) is 0 Å². The molecule has 3 aromatic heterocycles. The third-order valence-electron chi connectivity index (χ3n) is 6.54. The molecule has 174 valence electrons. The Hall–Kier alpha value is -3.07. The van der Waals surface area contributed by atoms with E-state index >= 15 is 0 Å². The number of hydrogen-bond acceptors (Lipinski definition) is 5. The third-order valence-corrected chi connectivity index (χ3v) is 6.54. The van der Waals surface area contributed by atoms with Crippen molar-refractivity contribution in [3.63, 3.8) is 0 Å². The van der Waals surface area contributed by atoms with Crippen molar-refractivity contribution < 1.29 is 22.7 Å². The number of nitrogens with one attached hydrogen (secondary N) is 1. The first kappa shape index (κ1) is 21.8.